The van der Waals surface area contributed by atoms with E-state index in [9.17, 15) is 23.1 Å². The Labute approximate surface area is 167 Å². The number of aromatic hydroxyl groups is 1. The molecule has 4 aromatic rings. The zero-order valence-corrected chi connectivity index (χ0v) is 15.6. The number of phenols is 1. The molecular weight excluding hydrogens is 407 g/mol. The lowest BCUT2D eigenvalue weighted by Gasteiger charge is -2.08. The first-order valence-electron chi connectivity index (χ1n) is 8.44. The van der Waals surface area contributed by atoms with Crippen LogP contribution in [0.15, 0.2) is 53.3 Å². The Balaban J connectivity index is 2.12. The molecule has 0 saturated carbocycles. The molecule has 0 unspecified atom stereocenters. The summed E-state index contributed by atoms with van der Waals surface area (Å²) < 4.78 is 42.3. The van der Waals surface area contributed by atoms with E-state index in [4.69, 9.17) is 11.6 Å². The number of halogens is 4. The van der Waals surface area contributed by atoms with E-state index in [2.05, 4.69) is 10.1 Å². The molecule has 5 nitrogen and oxygen atoms in total. The zero-order chi connectivity index (χ0) is 20.9. The third kappa shape index (κ3) is 3.36. The maximum absolute atomic E-state index is 13.8. The van der Waals surface area contributed by atoms with Crippen molar-refractivity contribution in [2.24, 2.45) is 0 Å². The van der Waals surface area contributed by atoms with Gasteiger partial charge in [0.1, 0.15) is 11.4 Å². The first-order chi connectivity index (χ1) is 13.6. The van der Waals surface area contributed by atoms with Gasteiger partial charge in [-0.05, 0) is 42.3 Å². The lowest BCUT2D eigenvalue weighted by Crippen LogP contribution is -2.10. The Morgan fingerprint density at radius 2 is 1.79 bits per heavy atom. The second kappa shape index (κ2) is 6.66. The molecule has 0 radical (unpaired) electrons. The summed E-state index contributed by atoms with van der Waals surface area (Å²) in [6.07, 6.45) is -4.77. The molecule has 2 N–H and O–H groups in total. The molecule has 0 amide bonds. The van der Waals surface area contributed by atoms with Crippen molar-refractivity contribution in [3.8, 4) is 28.1 Å². The van der Waals surface area contributed by atoms with E-state index in [-0.39, 0.29) is 33.8 Å². The number of hydrogen-bond donors (Lipinski definition) is 2. The molecule has 0 saturated heterocycles. The Morgan fingerprint density at radius 1 is 1.10 bits per heavy atom. The van der Waals surface area contributed by atoms with Crippen molar-refractivity contribution in [2.75, 3.05) is 0 Å². The molecular formula is C20H13ClF3N3O2. The number of benzene rings is 2. The van der Waals surface area contributed by atoms with Gasteiger partial charge in [-0.3, -0.25) is 4.79 Å². The van der Waals surface area contributed by atoms with Crippen molar-refractivity contribution in [1.82, 2.24) is 14.6 Å². The summed E-state index contributed by atoms with van der Waals surface area (Å²) in [4.78, 5) is 14.7. The van der Waals surface area contributed by atoms with Gasteiger partial charge < -0.3 is 10.1 Å². The smallest absolute Gasteiger partial charge is 0.435 e. The van der Waals surface area contributed by atoms with Crippen LogP contribution < -0.4 is 5.56 Å². The maximum atomic E-state index is 13.8. The normalized spacial score (nSPS) is 11.9. The molecule has 148 valence electrons. The van der Waals surface area contributed by atoms with E-state index < -0.39 is 17.4 Å². The summed E-state index contributed by atoms with van der Waals surface area (Å²) in [5, 5.41) is 14.4. The van der Waals surface area contributed by atoms with Crippen LogP contribution >= 0.6 is 11.6 Å². The molecule has 0 aliphatic heterocycles. The van der Waals surface area contributed by atoms with Crippen molar-refractivity contribution in [3.05, 3.63) is 75.2 Å². The number of aromatic nitrogens is 3. The van der Waals surface area contributed by atoms with Crippen molar-refractivity contribution >= 4 is 17.2 Å². The molecule has 2 heterocycles. The van der Waals surface area contributed by atoms with Crippen LogP contribution in [0.25, 0.3) is 28.0 Å². The second-order valence-corrected chi connectivity index (χ2v) is 6.96. The van der Waals surface area contributed by atoms with Gasteiger partial charge in [0.05, 0.1) is 11.3 Å². The first kappa shape index (κ1) is 19.1. The van der Waals surface area contributed by atoms with Crippen molar-refractivity contribution in [1.29, 1.82) is 0 Å². The number of aryl methyl sites for hydroxylation is 1. The summed E-state index contributed by atoms with van der Waals surface area (Å²) in [7, 11) is 0. The van der Waals surface area contributed by atoms with E-state index in [1.54, 1.807) is 13.0 Å². The van der Waals surface area contributed by atoms with Gasteiger partial charge in [0.2, 0.25) is 0 Å². The average molecular weight is 420 g/mol. The molecule has 29 heavy (non-hydrogen) atoms. The molecule has 0 atom stereocenters. The molecule has 0 spiro atoms. The summed E-state index contributed by atoms with van der Waals surface area (Å²) in [6.45, 7) is 1.76. The maximum Gasteiger partial charge on any atom is 0.435 e. The molecule has 4 rings (SSSR count). The van der Waals surface area contributed by atoms with Crippen molar-refractivity contribution in [2.45, 2.75) is 13.1 Å². The highest BCUT2D eigenvalue weighted by Gasteiger charge is 2.39. The largest absolute Gasteiger partial charge is 0.507 e. The van der Waals surface area contributed by atoms with E-state index in [0.717, 1.165) is 16.1 Å². The van der Waals surface area contributed by atoms with Crippen LogP contribution in [0.3, 0.4) is 0 Å². The lowest BCUT2D eigenvalue weighted by molar-refractivity contribution is -0.140. The number of aromatic amines is 1. The third-order valence-electron chi connectivity index (χ3n) is 4.45. The molecule has 9 heteroatoms. The van der Waals surface area contributed by atoms with Gasteiger partial charge in [0.25, 0.3) is 5.56 Å². The van der Waals surface area contributed by atoms with Gasteiger partial charge in [-0.25, -0.2) is 4.52 Å². The van der Waals surface area contributed by atoms with Crippen molar-refractivity contribution < 1.29 is 18.3 Å². The van der Waals surface area contributed by atoms with Crippen LogP contribution in [0.5, 0.6) is 5.75 Å². The lowest BCUT2D eigenvalue weighted by atomic mass is 10.0. The predicted octanol–water partition coefficient (Wildman–Crippen LogP) is 5.04. The monoisotopic (exact) mass is 419 g/mol. The summed E-state index contributed by atoms with van der Waals surface area (Å²) in [6, 6.07) is 11.5. The second-order valence-electron chi connectivity index (χ2n) is 6.53. The standard InChI is InChI=1S/C20H13ClF3N3O2/c1-10-2-7-13(15(28)8-10)14-9-16(29)25-19-17(11-3-5-12(21)6-4-11)18(20(22,23)24)26-27(14)19/h2-9,28H,1H3,(H,25,29). The number of H-pyrrole nitrogens is 1. The van der Waals surface area contributed by atoms with Gasteiger partial charge in [-0.1, -0.05) is 29.8 Å². The van der Waals surface area contributed by atoms with Gasteiger partial charge >= 0.3 is 6.18 Å². The van der Waals surface area contributed by atoms with Crippen LogP contribution in [0.4, 0.5) is 13.2 Å². The number of phenolic OH excluding ortho intramolecular Hbond substituents is 1. The highest BCUT2D eigenvalue weighted by molar-refractivity contribution is 6.30. The minimum absolute atomic E-state index is 0.0342. The number of alkyl halides is 3. The van der Waals surface area contributed by atoms with Crippen LogP contribution in [0.2, 0.25) is 5.02 Å². The average Bonchev–Trinajstić information content (AvgIpc) is 3.01. The van der Waals surface area contributed by atoms with Crippen molar-refractivity contribution in [3.63, 3.8) is 0 Å². The van der Waals surface area contributed by atoms with E-state index in [1.807, 2.05) is 0 Å². The molecule has 0 aliphatic rings. The quantitative estimate of drug-likeness (QED) is 0.478. The molecule has 2 aromatic carbocycles. The minimum Gasteiger partial charge on any atom is -0.507 e. The number of nitrogens with one attached hydrogen (secondary N) is 1. The van der Waals surface area contributed by atoms with Crippen LogP contribution in [0.1, 0.15) is 11.3 Å². The fourth-order valence-corrected chi connectivity index (χ4v) is 3.31. The highest BCUT2D eigenvalue weighted by Crippen LogP contribution is 2.40. The summed E-state index contributed by atoms with van der Waals surface area (Å²) in [5.74, 6) is -0.172. The summed E-state index contributed by atoms with van der Waals surface area (Å²) >= 11 is 5.85. The molecule has 0 fully saturated rings. The number of nitrogens with zero attached hydrogens (tertiary/aromatic N) is 2. The predicted molar refractivity (Wildman–Crippen MR) is 103 cm³/mol. The fourth-order valence-electron chi connectivity index (χ4n) is 3.18. The van der Waals surface area contributed by atoms with Gasteiger partial charge in [-0.2, -0.15) is 18.3 Å². The van der Waals surface area contributed by atoms with E-state index >= 15 is 0 Å². The Bertz CT molecular complexity index is 1290. The van der Waals surface area contributed by atoms with Gasteiger partial charge in [0, 0.05) is 16.7 Å². The van der Waals surface area contributed by atoms with Crippen LogP contribution in [0, 0.1) is 6.92 Å². The molecule has 0 bridgehead atoms. The molecule has 0 aliphatic carbocycles. The molecule has 2 aromatic heterocycles. The van der Waals surface area contributed by atoms with Gasteiger partial charge in [-0.15, -0.1) is 0 Å². The van der Waals surface area contributed by atoms with E-state index in [1.165, 1.54) is 36.4 Å². The van der Waals surface area contributed by atoms with Crippen LogP contribution in [-0.4, -0.2) is 19.7 Å². The fraction of sp³-hybridized carbons (Fsp3) is 0.100. The van der Waals surface area contributed by atoms with Gasteiger partial charge in [0.15, 0.2) is 5.69 Å². The Hall–Kier alpha value is -3.26. The van der Waals surface area contributed by atoms with E-state index in [0.29, 0.717) is 5.02 Å². The highest BCUT2D eigenvalue weighted by atomic mass is 35.5. The Morgan fingerprint density at radius 3 is 2.41 bits per heavy atom. The number of rotatable bonds is 2. The summed E-state index contributed by atoms with van der Waals surface area (Å²) in [5.41, 5.74) is -1.03. The number of hydrogen-bond acceptors (Lipinski definition) is 3. The third-order valence-corrected chi connectivity index (χ3v) is 4.71. The SMILES string of the molecule is Cc1ccc(-c2cc(=O)[nH]c3c(-c4ccc(Cl)cc4)c(C(F)(F)F)nn23)c(O)c1. The Kier molecular flexibility index (Phi) is 4.38. The minimum atomic E-state index is -4.77. The first-order valence-corrected chi connectivity index (χ1v) is 8.82. The topological polar surface area (TPSA) is 70.4 Å². The van der Waals surface area contributed by atoms with Crippen LogP contribution in [-0.2, 0) is 6.18 Å². The zero-order valence-electron chi connectivity index (χ0n) is 14.9. The number of fused-ring (bicyclic) bond motifs is 1.